The Bertz CT molecular complexity index is 641. The van der Waals surface area contributed by atoms with Crippen LogP contribution in [0.4, 0.5) is 0 Å². The molecule has 2 rings (SSSR count). The van der Waals surface area contributed by atoms with Crippen molar-refractivity contribution in [3.63, 3.8) is 0 Å². The van der Waals surface area contributed by atoms with E-state index in [1.54, 1.807) is 25.4 Å². The van der Waals surface area contributed by atoms with E-state index >= 15 is 0 Å². The molecule has 0 aliphatic carbocycles. The minimum Gasteiger partial charge on any atom is -0.497 e. The summed E-state index contributed by atoms with van der Waals surface area (Å²) >= 11 is 0. The number of pyridine rings is 1. The van der Waals surface area contributed by atoms with Crippen LogP contribution in [0.1, 0.15) is 18.9 Å². The van der Waals surface area contributed by atoms with Gasteiger partial charge in [-0.3, -0.25) is 0 Å². The fourth-order valence-corrected chi connectivity index (χ4v) is 1.84. The molecule has 122 valence electrons. The van der Waals surface area contributed by atoms with Gasteiger partial charge in [-0.15, -0.1) is 0 Å². The summed E-state index contributed by atoms with van der Waals surface area (Å²) in [6.07, 6.45) is 2.74. The maximum atomic E-state index is 5.75. The molecule has 0 radical (unpaired) electrons. The average Bonchev–Trinajstić information content (AvgIpc) is 2.59. The van der Waals surface area contributed by atoms with E-state index in [2.05, 4.69) is 22.2 Å². The zero-order chi connectivity index (χ0) is 16.5. The topological polar surface area (TPSA) is 81.8 Å². The van der Waals surface area contributed by atoms with Gasteiger partial charge in [-0.05, 0) is 24.1 Å². The molecule has 0 amide bonds. The molecule has 0 unspecified atom stereocenters. The number of nitrogens with two attached hydrogens (primary N) is 1. The summed E-state index contributed by atoms with van der Waals surface area (Å²) < 4.78 is 10.9. The van der Waals surface area contributed by atoms with Gasteiger partial charge in [0.05, 0.1) is 13.7 Å². The molecule has 3 N–H and O–H groups in total. The quantitative estimate of drug-likeness (QED) is 0.606. The lowest BCUT2D eigenvalue weighted by molar-refractivity contribution is 0.407. The summed E-state index contributed by atoms with van der Waals surface area (Å²) in [6, 6.07) is 11.1. The van der Waals surface area contributed by atoms with Crippen molar-refractivity contribution < 1.29 is 9.47 Å². The molecule has 1 aromatic carbocycles. The van der Waals surface area contributed by atoms with Crippen LogP contribution in [0, 0.1) is 0 Å². The summed E-state index contributed by atoms with van der Waals surface area (Å²) in [5.41, 5.74) is 6.71. The number of hydrogen-bond donors (Lipinski definition) is 2. The third-order valence-electron chi connectivity index (χ3n) is 3.05. The largest absolute Gasteiger partial charge is 0.497 e. The Morgan fingerprint density at radius 1 is 1.26 bits per heavy atom. The van der Waals surface area contributed by atoms with E-state index in [0.717, 1.165) is 24.3 Å². The Kier molecular flexibility index (Phi) is 6.23. The predicted molar refractivity (Wildman–Crippen MR) is 90.9 cm³/mol. The molecule has 0 spiro atoms. The molecule has 6 heteroatoms. The van der Waals surface area contributed by atoms with Crippen molar-refractivity contribution in [3.05, 3.63) is 48.2 Å². The van der Waals surface area contributed by atoms with Crippen LogP contribution in [-0.4, -0.2) is 24.6 Å². The van der Waals surface area contributed by atoms with Crippen LogP contribution < -0.4 is 20.5 Å². The Morgan fingerprint density at radius 3 is 2.78 bits per heavy atom. The van der Waals surface area contributed by atoms with Gasteiger partial charge in [0.2, 0.25) is 5.88 Å². The van der Waals surface area contributed by atoms with Crippen molar-refractivity contribution in [2.75, 3.05) is 13.7 Å². The number of methoxy groups -OCH3 is 1. The van der Waals surface area contributed by atoms with Gasteiger partial charge in [0, 0.05) is 24.9 Å². The Hall–Kier alpha value is -2.76. The highest BCUT2D eigenvalue weighted by Gasteiger charge is 2.01. The van der Waals surface area contributed by atoms with Crippen LogP contribution in [-0.2, 0) is 6.54 Å². The molecular weight excluding hydrogens is 292 g/mol. The molecule has 0 saturated heterocycles. The van der Waals surface area contributed by atoms with Gasteiger partial charge in [-0.25, -0.2) is 9.98 Å². The maximum Gasteiger partial charge on any atom is 0.219 e. The second kappa shape index (κ2) is 8.63. The zero-order valence-electron chi connectivity index (χ0n) is 13.5. The maximum absolute atomic E-state index is 5.75. The van der Waals surface area contributed by atoms with Crippen molar-refractivity contribution in [2.45, 2.75) is 19.9 Å². The Labute approximate surface area is 136 Å². The van der Waals surface area contributed by atoms with Gasteiger partial charge in [-0.1, -0.05) is 19.1 Å². The van der Waals surface area contributed by atoms with Crippen LogP contribution in [0.25, 0.3) is 0 Å². The summed E-state index contributed by atoms with van der Waals surface area (Å²) in [6.45, 7) is 3.38. The Balaban J connectivity index is 1.93. The summed E-state index contributed by atoms with van der Waals surface area (Å²) in [4.78, 5) is 8.53. The first-order chi connectivity index (χ1) is 11.2. The second-order valence-electron chi connectivity index (χ2n) is 4.91. The number of rotatable bonds is 7. The Morgan fingerprint density at radius 2 is 2.09 bits per heavy atom. The first-order valence-electron chi connectivity index (χ1n) is 7.52. The molecule has 23 heavy (non-hydrogen) atoms. The lowest BCUT2D eigenvalue weighted by Crippen LogP contribution is -2.32. The van der Waals surface area contributed by atoms with Gasteiger partial charge >= 0.3 is 0 Å². The van der Waals surface area contributed by atoms with E-state index in [1.807, 2.05) is 24.3 Å². The summed E-state index contributed by atoms with van der Waals surface area (Å²) in [5.74, 6) is 2.38. The molecular formula is C17H22N4O2. The SMILES string of the molecule is CCCNC(N)=NCc1ccc(Oc2cccc(OC)c2)nc1. The number of guanidine groups is 1. The molecule has 2 aromatic rings. The highest BCUT2D eigenvalue weighted by molar-refractivity contribution is 5.77. The van der Waals surface area contributed by atoms with Crippen LogP contribution >= 0.6 is 0 Å². The molecule has 0 aliphatic rings. The fraction of sp³-hybridized carbons (Fsp3) is 0.294. The van der Waals surface area contributed by atoms with Crippen LogP contribution in [0.5, 0.6) is 17.4 Å². The van der Waals surface area contributed by atoms with Gasteiger partial charge < -0.3 is 20.5 Å². The van der Waals surface area contributed by atoms with Gasteiger partial charge in [0.15, 0.2) is 5.96 Å². The summed E-state index contributed by atoms with van der Waals surface area (Å²) in [7, 11) is 1.62. The van der Waals surface area contributed by atoms with Crippen molar-refractivity contribution >= 4 is 5.96 Å². The first kappa shape index (κ1) is 16.6. The second-order valence-corrected chi connectivity index (χ2v) is 4.91. The predicted octanol–water partition coefficient (Wildman–Crippen LogP) is 2.70. The normalized spacial score (nSPS) is 11.1. The zero-order valence-corrected chi connectivity index (χ0v) is 13.5. The van der Waals surface area contributed by atoms with Crippen molar-refractivity contribution in [1.82, 2.24) is 10.3 Å². The smallest absolute Gasteiger partial charge is 0.219 e. The van der Waals surface area contributed by atoms with Crippen LogP contribution in [0.3, 0.4) is 0 Å². The van der Waals surface area contributed by atoms with Gasteiger partial charge in [0.1, 0.15) is 11.5 Å². The van der Waals surface area contributed by atoms with E-state index in [0.29, 0.717) is 24.1 Å². The van der Waals surface area contributed by atoms with Gasteiger partial charge in [0.25, 0.3) is 0 Å². The highest BCUT2D eigenvalue weighted by Crippen LogP contribution is 2.23. The number of benzene rings is 1. The molecule has 0 atom stereocenters. The van der Waals surface area contributed by atoms with Crippen molar-refractivity contribution in [3.8, 4) is 17.4 Å². The van der Waals surface area contributed by atoms with E-state index in [1.165, 1.54) is 0 Å². The third-order valence-corrected chi connectivity index (χ3v) is 3.05. The van der Waals surface area contributed by atoms with Crippen LogP contribution in [0.2, 0.25) is 0 Å². The van der Waals surface area contributed by atoms with E-state index in [-0.39, 0.29) is 0 Å². The molecule has 6 nitrogen and oxygen atoms in total. The molecule has 0 saturated carbocycles. The third kappa shape index (κ3) is 5.50. The number of aromatic nitrogens is 1. The molecule has 0 bridgehead atoms. The number of nitrogens with zero attached hydrogens (tertiary/aromatic N) is 2. The lowest BCUT2D eigenvalue weighted by Gasteiger charge is -2.07. The molecule has 1 aromatic heterocycles. The molecule has 0 aliphatic heterocycles. The van der Waals surface area contributed by atoms with E-state index in [9.17, 15) is 0 Å². The number of aliphatic imine (C=N–C) groups is 1. The van der Waals surface area contributed by atoms with Crippen molar-refractivity contribution in [1.29, 1.82) is 0 Å². The fourth-order valence-electron chi connectivity index (χ4n) is 1.84. The first-order valence-corrected chi connectivity index (χ1v) is 7.52. The van der Waals surface area contributed by atoms with E-state index in [4.69, 9.17) is 15.2 Å². The highest BCUT2D eigenvalue weighted by atomic mass is 16.5. The number of hydrogen-bond acceptors (Lipinski definition) is 4. The molecule has 0 fully saturated rings. The van der Waals surface area contributed by atoms with Gasteiger partial charge in [-0.2, -0.15) is 0 Å². The lowest BCUT2D eigenvalue weighted by atomic mass is 10.3. The number of ether oxygens (including phenoxy) is 2. The minimum atomic E-state index is 0.448. The summed E-state index contributed by atoms with van der Waals surface area (Å²) in [5, 5.41) is 3.03. The molecule has 1 heterocycles. The minimum absolute atomic E-state index is 0.448. The van der Waals surface area contributed by atoms with Crippen molar-refractivity contribution in [2.24, 2.45) is 10.7 Å². The number of nitrogens with one attached hydrogen (secondary N) is 1. The van der Waals surface area contributed by atoms with E-state index < -0.39 is 0 Å². The monoisotopic (exact) mass is 314 g/mol. The standard InChI is InChI=1S/C17H22N4O2/c1-3-9-19-17(18)21-12-13-7-8-16(20-11-13)23-15-6-4-5-14(10-15)22-2/h4-8,10-11H,3,9,12H2,1-2H3,(H3,18,19,21). The van der Waals surface area contributed by atoms with Crippen LogP contribution in [0.15, 0.2) is 47.6 Å². The average molecular weight is 314 g/mol.